The summed E-state index contributed by atoms with van der Waals surface area (Å²) in [5.74, 6) is -0.420. The summed E-state index contributed by atoms with van der Waals surface area (Å²) in [4.78, 5) is 41.4. The van der Waals surface area contributed by atoms with Crippen LogP contribution in [0.5, 0.6) is 0 Å². The zero-order chi connectivity index (χ0) is 27.9. The van der Waals surface area contributed by atoms with Crippen LogP contribution in [0.3, 0.4) is 0 Å². The molecule has 0 aromatic heterocycles. The van der Waals surface area contributed by atoms with Crippen molar-refractivity contribution in [3.8, 4) is 0 Å². The number of nitrogens with one attached hydrogen (secondary N) is 3. The molecule has 4 rings (SSSR count). The lowest BCUT2D eigenvalue weighted by Crippen LogP contribution is -2.56. The highest BCUT2D eigenvalue weighted by Gasteiger charge is 2.39. The molecule has 1 saturated heterocycles. The second kappa shape index (κ2) is 13.8. The standard InChI is InChI=1S/C29H38Cl2N4O4/c1-18-27(36)34-24(16-19-5-10-22(30)11-6-19)28(37)33-13-3-4-20-9-12-23(31)17-25(20)39-15-14-32-26(21-7-8-21)29(38)35(18)2/h5-6,9-12,17-18,20-21,24-26,32H,3-4,7-8,13-16H2,1-2H3,(H,33,37)(H,34,36)/t18-,20?,24-,25?,26+/m1/s1. The minimum atomic E-state index is -0.798. The lowest BCUT2D eigenvalue weighted by atomic mass is 9.92. The fourth-order valence-corrected chi connectivity index (χ4v) is 5.33. The van der Waals surface area contributed by atoms with Crippen LogP contribution in [0.15, 0.2) is 47.5 Å². The highest BCUT2D eigenvalue weighted by molar-refractivity contribution is 6.31. The molecule has 0 spiro atoms. The Kier molecular flexibility index (Phi) is 10.5. The molecule has 2 fully saturated rings. The average molecular weight is 578 g/mol. The number of likely N-dealkylation sites (N-methyl/N-ethyl adjacent to an activating group) is 1. The molecule has 1 heterocycles. The first kappa shape index (κ1) is 29.6. The summed E-state index contributed by atoms with van der Waals surface area (Å²) >= 11 is 12.3. The maximum atomic E-state index is 13.4. The van der Waals surface area contributed by atoms with Crippen molar-refractivity contribution in [3.63, 3.8) is 0 Å². The van der Waals surface area contributed by atoms with Crippen LogP contribution >= 0.6 is 23.2 Å². The van der Waals surface area contributed by atoms with E-state index in [4.69, 9.17) is 27.9 Å². The molecular weight excluding hydrogens is 539 g/mol. The van der Waals surface area contributed by atoms with Gasteiger partial charge < -0.3 is 25.6 Å². The third-order valence-electron chi connectivity index (χ3n) is 7.69. The number of allylic oxidation sites excluding steroid dienone is 2. The van der Waals surface area contributed by atoms with Crippen LogP contribution in [0.25, 0.3) is 0 Å². The zero-order valence-electron chi connectivity index (χ0n) is 22.5. The molecule has 2 unspecified atom stereocenters. The van der Waals surface area contributed by atoms with E-state index in [0.29, 0.717) is 36.2 Å². The van der Waals surface area contributed by atoms with E-state index in [2.05, 4.69) is 22.0 Å². The summed E-state index contributed by atoms with van der Waals surface area (Å²) in [5.41, 5.74) is 0.869. The quantitative estimate of drug-likeness (QED) is 0.513. The highest BCUT2D eigenvalue weighted by Crippen LogP contribution is 2.33. The normalized spacial score (nSPS) is 29.9. The Morgan fingerprint density at radius 1 is 1.03 bits per heavy atom. The van der Waals surface area contributed by atoms with Gasteiger partial charge in [0, 0.05) is 42.5 Å². The topological polar surface area (TPSA) is 99.8 Å². The molecule has 1 saturated carbocycles. The van der Waals surface area contributed by atoms with Gasteiger partial charge in [-0.3, -0.25) is 14.4 Å². The Morgan fingerprint density at radius 2 is 1.77 bits per heavy atom. The van der Waals surface area contributed by atoms with E-state index < -0.39 is 12.1 Å². The SMILES string of the molecule is C[C@@H]1C(=O)N[C@H](Cc2ccc(Cl)cc2)C(=O)NCCCC2C=CC(Cl)=CC2OCCN[C@@H](C2CC2)C(=O)N1C. The number of amides is 3. The van der Waals surface area contributed by atoms with Crippen LogP contribution in [0.4, 0.5) is 0 Å². The Morgan fingerprint density at radius 3 is 2.49 bits per heavy atom. The van der Waals surface area contributed by atoms with Gasteiger partial charge in [-0.2, -0.15) is 0 Å². The van der Waals surface area contributed by atoms with E-state index in [0.717, 1.165) is 31.2 Å². The van der Waals surface area contributed by atoms with Crippen molar-refractivity contribution in [2.24, 2.45) is 11.8 Å². The smallest absolute Gasteiger partial charge is 0.243 e. The van der Waals surface area contributed by atoms with E-state index in [1.54, 1.807) is 26.1 Å². The van der Waals surface area contributed by atoms with E-state index in [1.165, 1.54) is 4.90 Å². The number of nitrogens with zero attached hydrogens (tertiary/aromatic N) is 1. The number of rotatable bonds is 3. The number of hydrogen-bond donors (Lipinski definition) is 3. The van der Waals surface area contributed by atoms with Gasteiger partial charge in [0.15, 0.2) is 0 Å². The van der Waals surface area contributed by atoms with Gasteiger partial charge in [0.25, 0.3) is 0 Å². The van der Waals surface area contributed by atoms with Crippen LogP contribution in [-0.2, 0) is 25.5 Å². The molecule has 1 aromatic carbocycles. The zero-order valence-corrected chi connectivity index (χ0v) is 24.0. The van der Waals surface area contributed by atoms with E-state index in [1.807, 2.05) is 24.3 Å². The Balaban J connectivity index is 1.52. The number of fused-ring (bicyclic) bond motifs is 1. The van der Waals surface area contributed by atoms with Gasteiger partial charge in [-0.25, -0.2) is 0 Å². The fraction of sp³-hybridized carbons (Fsp3) is 0.552. The van der Waals surface area contributed by atoms with Crippen molar-refractivity contribution >= 4 is 40.9 Å². The number of carbonyl (C=O) groups is 3. The molecule has 3 N–H and O–H groups in total. The number of benzene rings is 1. The van der Waals surface area contributed by atoms with E-state index in [9.17, 15) is 14.4 Å². The third kappa shape index (κ3) is 8.30. The molecule has 5 atom stereocenters. The molecular formula is C29H38Cl2N4O4. The summed E-state index contributed by atoms with van der Waals surface area (Å²) < 4.78 is 6.16. The molecule has 10 heteroatoms. The minimum Gasteiger partial charge on any atom is -0.372 e. The molecule has 1 aliphatic heterocycles. The molecule has 1 aromatic rings. The van der Waals surface area contributed by atoms with E-state index >= 15 is 0 Å². The molecule has 0 radical (unpaired) electrons. The minimum absolute atomic E-state index is 0.126. The van der Waals surface area contributed by atoms with Crippen molar-refractivity contribution in [2.45, 2.75) is 63.3 Å². The van der Waals surface area contributed by atoms with Crippen molar-refractivity contribution in [2.75, 3.05) is 26.7 Å². The first-order chi connectivity index (χ1) is 18.7. The van der Waals surface area contributed by atoms with Crippen molar-refractivity contribution in [3.05, 3.63) is 58.1 Å². The molecule has 3 amide bonds. The summed E-state index contributed by atoms with van der Waals surface area (Å²) in [6.45, 7) is 3.08. The first-order valence-electron chi connectivity index (χ1n) is 13.7. The van der Waals surface area contributed by atoms with Crippen molar-refractivity contribution in [1.82, 2.24) is 20.9 Å². The monoisotopic (exact) mass is 576 g/mol. The Hall–Kier alpha value is -2.39. The molecule has 0 bridgehead atoms. The number of halogens is 2. The predicted octanol–water partition coefficient (Wildman–Crippen LogP) is 3.19. The van der Waals surface area contributed by atoms with Crippen molar-refractivity contribution < 1.29 is 19.1 Å². The second-order valence-electron chi connectivity index (χ2n) is 10.6. The molecule has 3 aliphatic rings. The lowest BCUT2D eigenvalue weighted by Gasteiger charge is -2.31. The van der Waals surface area contributed by atoms with Crippen LogP contribution < -0.4 is 16.0 Å². The summed E-state index contributed by atoms with van der Waals surface area (Å²) in [6.07, 6.45) is 9.45. The van der Waals surface area contributed by atoms with Crippen LogP contribution in [0.2, 0.25) is 5.02 Å². The van der Waals surface area contributed by atoms with Crippen LogP contribution in [0.1, 0.15) is 38.2 Å². The summed E-state index contributed by atoms with van der Waals surface area (Å²) in [7, 11) is 1.64. The van der Waals surface area contributed by atoms with E-state index in [-0.39, 0.29) is 41.7 Å². The molecule has 2 aliphatic carbocycles. The molecule has 212 valence electrons. The number of ether oxygens (including phenoxy) is 1. The highest BCUT2D eigenvalue weighted by atomic mass is 35.5. The lowest BCUT2D eigenvalue weighted by molar-refractivity contribution is -0.141. The van der Waals surface area contributed by atoms with Gasteiger partial charge in [-0.05, 0) is 68.4 Å². The fourth-order valence-electron chi connectivity index (χ4n) is 5.00. The summed E-state index contributed by atoms with van der Waals surface area (Å²) in [6, 6.07) is 5.26. The molecule has 39 heavy (non-hydrogen) atoms. The maximum absolute atomic E-state index is 13.4. The third-order valence-corrected chi connectivity index (χ3v) is 8.20. The largest absolute Gasteiger partial charge is 0.372 e. The first-order valence-corrected chi connectivity index (χ1v) is 14.5. The second-order valence-corrected chi connectivity index (χ2v) is 11.5. The van der Waals surface area contributed by atoms with Crippen LogP contribution in [0, 0.1) is 11.8 Å². The number of hydrogen-bond acceptors (Lipinski definition) is 5. The van der Waals surface area contributed by atoms with Gasteiger partial charge in [-0.15, -0.1) is 0 Å². The predicted molar refractivity (Wildman–Crippen MR) is 152 cm³/mol. The average Bonchev–Trinajstić information content (AvgIpc) is 3.76. The number of carbonyl (C=O) groups excluding carboxylic acids is 3. The molecule has 8 nitrogen and oxygen atoms in total. The van der Waals surface area contributed by atoms with Crippen LogP contribution in [-0.4, -0.2) is 73.6 Å². The van der Waals surface area contributed by atoms with Gasteiger partial charge in [-0.1, -0.05) is 41.4 Å². The maximum Gasteiger partial charge on any atom is 0.243 e. The van der Waals surface area contributed by atoms with Gasteiger partial charge in [0.2, 0.25) is 17.7 Å². The Bertz CT molecular complexity index is 1090. The summed E-state index contributed by atoms with van der Waals surface area (Å²) in [5, 5.41) is 10.5. The Labute approximate surface area is 240 Å². The van der Waals surface area contributed by atoms with Gasteiger partial charge >= 0.3 is 0 Å². The van der Waals surface area contributed by atoms with Gasteiger partial charge in [0.05, 0.1) is 18.8 Å². The van der Waals surface area contributed by atoms with Crippen molar-refractivity contribution in [1.29, 1.82) is 0 Å². The van der Waals surface area contributed by atoms with Gasteiger partial charge in [0.1, 0.15) is 12.1 Å².